The molecule has 0 radical (unpaired) electrons. The van der Waals surface area contributed by atoms with Gasteiger partial charge in [-0.25, -0.2) is 0 Å². The van der Waals surface area contributed by atoms with E-state index in [1.165, 1.54) is 22.4 Å². The zero-order valence-corrected chi connectivity index (χ0v) is 23.1. The second-order valence-electron chi connectivity index (χ2n) is 10.3. The van der Waals surface area contributed by atoms with E-state index in [0.29, 0.717) is 18.7 Å². The Labute approximate surface area is 226 Å². The molecule has 37 heavy (non-hydrogen) atoms. The molecule has 4 rings (SSSR count). The lowest BCUT2D eigenvalue weighted by Gasteiger charge is -2.35. The summed E-state index contributed by atoms with van der Waals surface area (Å²) in [7, 11) is 0. The maximum atomic E-state index is 13.9. The van der Waals surface area contributed by atoms with Gasteiger partial charge in [0, 0.05) is 23.0 Å². The van der Waals surface area contributed by atoms with Gasteiger partial charge in [-0.1, -0.05) is 75.1 Å². The quantitative estimate of drug-likeness (QED) is 0.266. The highest BCUT2D eigenvalue weighted by Crippen LogP contribution is 2.26. The predicted octanol–water partition coefficient (Wildman–Crippen LogP) is 7.40. The largest absolute Gasteiger partial charge is 0.332 e. The lowest BCUT2D eigenvalue weighted by Crippen LogP contribution is -2.48. The number of nitrogens with zero attached hydrogens (tertiary/aromatic N) is 2. The van der Waals surface area contributed by atoms with E-state index in [9.17, 15) is 9.59 Å². The third-order valence-electron chi connectivity index (χ3n) is 7.47. The minimum absolute atomic E-state index is 0.00939. The van der Waals surface area contributed by atoms with Crippen LogP contribution in [0.4, 0.5) is 0 Å². The first-order valence-corrected chi connectivity index (χ1v) is 14.7. The first kappa shape index (κ1) is 27.1. The number of thiophene rings is 1. The molecule has 0 bridgehead atoms. The van der Waals surface area contributed by atoms with E-state index in [2.05, 4.69) is 49.6 Å². The van der Waals surface area contributed by atoms with Crippen molar-refractivity contribution >= 4 is 23.2 Å². The van der Waals surface area contributed by atoms with Gasteiger partial charge < -0.3 is 9.80 Å². The fourth-order valence-corrected chi connectivity index (χ4v) is 6.06. The van der Waals surface area contributed by atoms with E-state index in [-0.39, 0.29) is 24.4 Å². The third-order valence-corrected chi connectivity index (χ3v) is 8.48. The number of benzene rings is 2. The minimum Gasteiger partial charge on any atom is -0.332 e. The summed E-state index contributed by atoms with van der Waals surface area (Å²) in [5.74, 6) is -0.00982. The molecule has 5 heteroatoms. The highest BCUT2D eigenvalue weighted by Gasteiger charge is 2.30. The summed E-state index contributed by atoms with van der Waals surface area (Å²) in [5, 5.41) is 2.08. The number of carbonyl (C=O) groups excluding carboxylic acids is 2. The van der Waals surface area contributed by atoms with E-state index in [4.69, 9.17) is 0 Å². The molecule has 1 heterocycles. The van der Waals surface area contributed by atoms with E-state index in [1.54, 1.807) is 11.3 Å². The molecule has 1 fully saturated rings. The highest BCUT2D eigenvalue weighted by molar-refractivity contribution is 7.10. The number of unbranched alkanes of at least 4 members (excludes halogenated alkanes) is 1. The molecular formula is C32H40N2O2S. The lowest BCUT2D eigenvalue weighted by molar-refractivity contribution is -0.133. The molecule has 0 atom stereocenters. The predicted molar refractivity (Wildman–Crippen MR) is 153 cm³/mol. The van der Waals surface area contributed by atoms with Gasteiger partial charge in [-0.15, -0.1) is 11.3 Å². The van der Waals surface area contributed by atoms with Crippen LogP contribution < -0.4 is 0 Å². The van der Waals surface area contributed by atoms with Crippen molar-refractivity contribution in [2.75, 3.05) is 6.54 Å². The molecule has 3 aromatic rings. The van der Waals surface area contributed by atoms with Gasteiger partial charge in [0.15, 0.2) is 0 Å². The Hall–Kier alpha value is -2.92. The Morgan fingerprint density at radius 3 is 2.27 bits per heavy atom. The summed E-state index contributed by atoms with van der Waals surface area (Å²) >= 11 is 1.69. The zero-order chi connectivity index (χ0) is 26.0. The van der Waals surface area contributed by atoms with Crippen molar-refractivity contribution in [2.45, 2.75) is 84.3 Å². The number of hydrogen-bond donors (Lipinski definition) is 0. The minimum atomic E-state index is -0.0192. The van der Waals surface area contributed by atoms with Crippen molar-refractivity contribution < 1.29 is 9.59 Å². The van der Waals surface area contributed by atoms with Crippen LogP contribution in [-0.4, -0.2) is 34.2 Å². The highest BCUT2D eigenvalue weighted by atomic mass is 32.1. The maximum absolute atomic E-state index is 13.9. The summed E-state index contributed by atoms with van der Waals surface area (Å²) in [5.41, 5.74) is 4.25. The van der Waals surface area contributed by atoms with Crippen molar-refractivity contribution in [1.29, 1.82) is 0 Å². The van der Waals surface area contributed by atoms with Crippen molar-refractivity contribution in [2.24, 2.45) is 0 Å². The van der Waals surface area contributed by atoms with Crippen molar-refractivity contribution in [1.82, 2.24) is 9.80 Å². The summed E-state index contributed by atoms with van der Waals surface area (Å²) in [6.45, 7) is 5.51. The number of amides is 2. The SMILES string of the molecule is CCCCc1ccc(C(=O)N(CC(=O)N(Cc2ccccc2)Cc2sccc2C)C2CCCCC2)cc1. The molecule has 1 aliphatic carbocycles. The van der Waals surface area contributed by atoms with Crippen LogP contribution in [0.1, 0.15) is 83.8 Å². The monoisotopic (exact) mass is 516 g/mol. The van der Waals surface area contributed by atoms with Crippen LogP contribution in [0.5, 0.6) is 0 Å². The Kier molecular flexibility index (Phi) is 9.95. The van der Waals surface area contributed by atoms with Crippen LogP contribution in [0.3, 0.4) is 0 Å². The van der Waals surface area contributed by atoms with Gasteiger partial charge in [-0.05, 0) is 72.9 Å². The van der Waals surface area contributed by atoms with E-state index >= 15 is 0 Å². The molecule has 0 unspecified atom stereocenters. The first-order chi connectivity index (χ1) is 18.0. The second kappa shape index (κ2) is 13.6. The van der Waals surface area contributed by atoms with E-state index < -0.39 is 0 Å². The van der Waals surface area contributed by atoms with Crippen LogP contribution in [-0.2, 0) is 24.3 Å². The van der Waals surface area contributed by atoms with Crippen molar-refractivity contribution in [3.05, 3.63) is 93.2 Å². The topological polar surface area (TPSA) is 40.6 Å². The average Bonchev–Trinajstić information content (AvgIpc) is 3.35. The van der Waals surface area contributed by atoms with Crippen LogP contribution >= 0.6 is 11.3 Å². The lowest BCUT2D eigenvalue weighted by atomic mass is 9.93. The second-order valence-corrected chi connectivity index (χ2v) is 11.3. The Morgan fingerprint density at radius 1 is 0.892 bits per heavy atom. The van der Waals surface area contributed by atoms with Crippen LogP contribution in [0.15, 0.2) is 66.0 Å². The number of rotatable bonds is 11. The normalized spacial score (nSPS) is 13.9. The molecule has 0 aliphatic heterocycles. The molecule has 2 amide bonds. The van der Waals surface area contributed by atoms with E-state index in [1.807, 2.05) is 40.1 Å². The van der Waals surface area contributed by atoms with Gasteiger partial charge in [-0.2, -0.15) is 0 Å². The molecule has 1 aliphatic rings. The van der Waals surface area contributed by atoms with Gasteiger partial charge in [0.05, 0.1) is 6.54 Å². The molecule has 0 saturated heterocycles. The molecule has 196 valence electrons. The fraction of sp³-hybridized carbons (Fsp3) is 0.438. The number of aryl methyl sites for hydroxylation is 2. The zero-order valence-electron chi connectivity index (χ0n) is 22.3. The first-order valence-electron chi connectivity index (χ1n) is 13.8. The summed E-state index contributed by atoms with van der Waals surface area (Å²) in [6.07, 6.45) is 8.70. The van der Waals surface area contributed by atoms with Crippen LogP contribution in [0.2, 0.25) is 0 Å². The number of hydrogen-bond acceptors (Lipinski definition) is 3. The van der Waals surface area contributed by atoms with Gasteiger partial charge >= 0.3 is 0 Å². The molecule has 1 saturated carbocycles. The Bertz CT molecular complexity index is 1130. The smallest absolute Gasteiger partial charge is 0.254 e. The summed E-state index contributed by atoms with van der Waals surface area (Å²) < 4.78 is 0. The third kappa shape index (κ3) is 7.54. The number of carbonyl (C=O) groups is 2. The van der Waals surface area contributed by atoms with Crippen molar-refractivity contribution in [3.8, 4) is 0 Å². The van der Waals surface area contributed by atoms with Gasteiger partial charge in [-0.3, -0.25) is 9.59 Å². The van der Waals surface area contributed by atoms with Gasteiger partial charge in [0.1, 0.15) is 6.54 Å². The molecular weight excluding hydrogens is 476 g/mol. The van der Waals surface area contributed by atoms with Crippen molar-refractivity contribution in [3.63, 3.8) is 0 Å². The molecule has 0 N–H and O–H groups in total. The standard InChI is InChI=1S/C32H40N2O2S/c1-3-4-11-26-16-18-28(19-17-26)32(36)34(29-14-9-6-10-15-29)24-31(35)33(22-27-12-7-5-8-13-27)23-30-25(2)20-21-37-30/h5,7-8,12-13,16-21,29H,3-4,6,9-11,14-15,22-24H2,1-2H3. The van der Waals surface area contributed by atoms with Crippen LogP contribution in [0.25, 0.3) is 0 Å². The molecule has 0 spiro atoms. The fourth-order valence-electron chi connectivity index (χ4n) is 5.14. The van der Waals surface area contributed by atoms with Gasteiger partial charge in [0.25, 0.3) is 5.91 Å². The molecule has 2 aromatic carbocycles. The summed E-state index contributed by atoms with van der Waals surface area (Å²) in [4.78, 5) is 32.7. The Morgan fingerprint density at radius 2 is 1.62 bits per heavy atom. The average molecular weight is 517 g/mol. The molecule has 1 aromatic heterocycles. The van der Waals surface area contributed by atoms with Crippen LogP contribution in [0, 0.1) is 6.92 Å². The molecule has 4 nitrogen and oxygen atoms in total. The van der Waals surface area contributed by atoms with E-state index in [0.717, 1.165) is 50.5 Å². The maximum Gasteiger partial charge on any atom is 0.254 e. The summed E-state index contributed by atoms with van der Waals surface area (Å²) in [6, 6.07) is 20.4. The van der Waals surface area contributed by atoms with Gasteiger partial charge in [0.2, 0.25) is 5.91 Å². The Balaban J connectivity index is 1.55.